The van der Waals surface area contributed by atoms with E-state index in [1.54, 1.807) is 42.7 Å². The summed E-state index contributed by atoms with van der Waals surface area (Å²) in [4.78, 5) is 3.87. The van der Waals surface area contributed by atoms with Crippen molar-refractivity contribution >= 4 is 11.9 Å². The maximum atomic E-state index is 13.2. The van der Waals surface area contributed by atoms with Gasteiger partial charge in [-0.15, -0.1) is 0 Å². The van der Waals surface area contributed by atoms with Crippen molar-refractivity contribution in [2.24, 2.45) is 5.10 Å². The summed E-state index contributed by atoms with van der Waals surface area (Å²) < 4.78 is 13.2. The molecule has 0 aliphatic heterocycles. The number of benzene rings is 1. The van der Waals surface area contributed by atoms with E-state index in [4.69, 9.17) is 0 Å². The lowest BCUT2D eigenvalue weighted by Crippen LogP contribution is -1.92. The first-order valence-corrected chi connectivity index (χ1v) is 4.80. The monoisotopic (exact) mass is 215 g/mol. The second kappa shape index (κ2) is 5.02. The van der Waals surface area contributed by atoms with Crippen LogP contribution in [0.15, 0.2) is 53.9 Å². The molecule has 0 spiro atoms. The number of rotatable bonds is 3. The molecular weight excluding hydrogens is 205 g/mol. The molecule has 0 amide bonds. The Kier molecular flexibility index (Phi) is 3.23. The van der Waals surface area contributed by atoms with E-state index in [1.807, 2.05) is 0 Å². The van der Waals surface area contributed by atoms with Crippen LogP contribution in [0.25, 0.3) is 0 Å². The summed E-state index contributed by atoms with van der Waals surface area (Å²) in [6.45, 7) is 0. The smallest absolute Gasteiger partial charge is 0.132 e. The van der Waals surface area contributed by atoms with Crippen molar-refractivity contribution in [3.63, 3.8) is 0 Å². The highest BCUT2D eigenvalue weighted by atomic mass is 19.1. The molecule has 1 N–H and O–H groups in total. The van der Waals surface area contributed by atoms with Crippen LogP contribution in [0.5, 0.6) is 0 Å². The number of halogens is 1. The average molecular weight is 215 g/mol. The van der Waals surface area contributed by atoms with Gasteiger partial charge in [-0.25, -0.2) is 4.39 Å². The van der Waals surface area contributed by atoms with Crippen LogP contribution in [0.4, 0.5) is 10.1 Å². The van der Waals surface area contributed by atoms with E-state index in [0.717, 1.165) is 5.69 Å². The van der Waals surface area contributed by atoms with Gasteiger partial charge in [0.1, 0.15) is 5.82 Å². The van der Waals surface area contributed by atoms with Gasteiger partial charge < -0.3 is 0 Å². The van der Waals surface area contributed by atoms with Crippen molar-refractivity contribution in [1.82, 2.24) is 4.98 Å². The number of hydrogen-bond acceptors (Lipinski definition) is 3. The normalized spacial score (nSPS) is 10.6. The molecule has 0 saturated carbocycles. The van der Waals surface area contributed by atoms with E-state index in [-0.39, 0.29) is 5.82 Å². The maximum Gasteiger partial charge on any atom is 0.132 e. The second-order valence-corrected chi connectivity index (χ2v) is 3.13. The highest BCUT2D eigenvalue weighted by Crippen LogP contribution is 2.05. The van der Waals surface area contributed by atoms with Crippen LogP contribution in [-0.4, -0.2) is 11.2 Å². The van der Waals surface area contributed by atoms with Gasteiger partial charge in [-0.1, -0.05) is 18.2 Å². The molecule has 16 heavy (non-hydrogen) atoms. The molecule has 0 aliphatic carbocycles. The molecule has 2 rings (SSSR count). The van der Waals surface area contributed by atoms with E-state index < -0.39 is 0 Å². The van der Waals surface area contributed by atoms with Crippen LogP contribution in [0, 0.1) is 5.82 Å². The molecule has 0 saturated heterocycles. The van der Waals surface area contributed by atoms with E-state index in [0.29, 0.717) is 5.56 Å². The quantitative estimate of drug-likeness (QED) is 0.631. The Morgan fingerprint density at radius 2 is 1.88 bits per heavy atom. The summed E-state index contributed by atoms with van der Waals surface area (Å²) in [5.74, 6) is -0.289. The fraction of sp³-hybridized carbons (Fsp3) is 0. The second-order valence-electron chi connectivity index (χ2n) is 3.13. The lowest BCUT2D eigenvalue weighted by atomic mass is 10.2. The predicted molar refractivity (Wildman–Crippen MR) is 61.9 cm³/mol. The third kappa shape index (κ3) is 2.63. The number of pyridine rings is 1. The Morgan fingerprint density at radius 1 is 1.12 bits per heavy atom. The van der Waals surface area contributed by atoms with Gasteiger partial charge in [0.15, 0.2) is 0 Å². The topological polar surface area (TPSA) is 37.3 Å². The molecule has 0 unspecified atom stereocenters. The Morgan fingerprint density at radius 3 is 2.62 bits per heavy atom. The summed E-state index contributed by atoms with van der Waals surface area (Å²) in [5, 5.41) is 3.93. The third-order valence-electron chi connectivity index (χ3n) is 1.98. The number of hydrogen-bond donors (Lipinski definition) is 1. The van der Waals surface area contributed by atoms with Gasteiger partial charge in [0.05, 0.1) is 11.9 Å². The van der Waals surface area contributed by atoms with E-state index in [9.17, 15) is 4.39 Å². The molecule has 0 aliphatic rings. The SMILES string of the molecule is Fc1ccccc1/C=N\Nc1ccncc1. The lowest BCUT2D eigenvalue weighted by molar-refractivity contribution is 0.626. The van der Waals surface area contributed by atoms with Gasteiger partial charge in [0.2, 0.25) is 0 Å². The predicted octanol–water partition coefficient (Wildman–Crippen LogP) is 2.67. The van der Waals surface area contributed by atoms with Crippen LogP contribution in [-0.2, 0) is 0 Å². The van der Waals surface area contributed by atoms with Crippen LogP contribution < -0.4 is 5.43 Å². The number of aromatic nitrogens is 1. The van der Waals surface area contributed by atoms with Crippen molar-refractivity contribution in [1.29, 1.82) is 0 Å². The first kappa shape index (κ1) is 10.3. The van der Waals surface area contributed by atoms with Crippen molar-refractivity contribution in [2.45, 2.75) is 0 Å². The van der Waals surface area contributed by atoms with Gasteiger partial charge in [-0.05, 0) is 18.2 Å². The maximum absolute atomic E-state index is 13.2. The number of anilines is 1. The van der Waals surface area contributed by atoms with Crippen molar-refractivity contribution < 1.29 is 4.39 Å². The van der Waals surface area contributed by atoms with E-state index >= 15 is 0 Å². The molecule has 4 heteroatoms. The van der Waals surface area contributed by atoms with Gasteiger partial charge in [0, 0.05) is 18.0 Å². The Balaban J connectivity index is 2.03. The van der Waals surface area contributed by atoms with Gasteiger partial charge in [-0.2, -0.15) is 5.10 Å². The van der Waals surface area contributed by atoms with Crippen molar-refractivity contribution in [3.05, 3.63) is 60.2 Å². The van der Waals surface area contributed by atoms with Crippen molar-refractivity contribution in [2.75, 3.05) is 5.43 Å². The van der Waals surface area contributed by atoms with Crippen LogP contribution >= 0.6 is 0 Å². The lowest BCUT2D eigenvalue weighted by Gasteiger charge is -1.98. The first-order chi connectivity index (χ1) is 7.86. The summed E-state index contributed by atoms with van der Waals surface area (Å²) in [5.41, 5.74) is 4.04. The van der Waals surface area contributed by atoms with E-state index in [2.05, 4.69) is 15.5 Å². The molecule has 1 heterocycles. The number of nitrogens with one attached hydrogen (secondary N) is 1. The minimum absolute atomic E-state index is 0.289. The van der Waals surface area contributed by atoms with Crippen molar-refractivity contribution in [3.8, 4) is 0 Å². The molecule has 2 aromatic rings. The molecule has 3 nitrogen and oxygen atoms in total. The zero-order valence-corrected chi connectivity index (χ0v) is 8.47. The largest absolute Gasteiger partial charge is 0.278 e. The third-order valence-corrected chi connectivity index (χ3v) is 1.98. The van der Waals surface area contributed by atoms with E-state index in [1.165, 1.54) is 12.3 Å². The fourth-order valence-electron chi connectivity index (χ4n) is 1.18. The first-order valence-electron chi connectivity index (χ1n) is 4.80. The standard InChI is InChI=1S/C12H10FN3/c13-12-4-2-1-3-10(12)9-15-16-11-5-7-14-8-6-11/h1-9H,(H,14,16)/b15-9-. The highest BCUT2D eigenvalue weighted by Gasteiger charge is 1.95. The number of hydrazone groups is 1. The summed E-state index contributed by atoms with van der Waals surface area (Å²) in [6, 6.07) is 10.0. The Labute approximate surface area is 92.7 Å². The molecular formula is C12H10FN3. The average Bonchev–Trinajstić information content (AvgIpc) is 2.33. The minimum atomic E-state index is -0.289. The highest BCUT2D eigenvalue weighted by molar-refractivity contribution is 5.80. The zero-order valence-electron chi connectivity index (χ0n) is 8.47. The van der Waals surface area contributed by atoms with Crippen LogP contribution in [0.2, 0.25) is 0 Å². The molecule has 80 valence electrons. The minimum Gasteiger partial charge on any atom is -0.278 e. The summed E-state index contributed by atoms with van der Waals surface area (Å²) in [7, 11) is 0. The molecule has 1 aromatic carbocycles. The zero-order chi connectivity index (χ0) is 11.2. The molecule has 0 radical (unpaired) electrons. The molecule has 0 bridgehead atoms. The van der Waals surface area contributed by atoms with Gasteiger partial charge >= 0.3 is 0 Å². The summed E-state index contributed by atoms with van der Waals surface area (Å²) >= 11 is 0. The van der Waals surface area contributed by atoms with Crippen LogP contribution in [0.1, 0.15) is 5.56 Å². The van der Waals surface area contributed by atoms with Gasteiger partial charge in [-0.3, -0.25) is 10.4 Å². The fourth-order valence-corrected chi connectivity index (χ4v) is 1.18. The van der Waals surface area contributed by atoms with Gasteiger partial charge in [0.25, 0.3) is 0 Å². The Bertz CT molecular complexity index is 483. The molecule has 0 fully saturated rings. The summed E-state index contributed by atoms with van der Waals surface area (Å²) in [6.07, 6.45) is 4.75. The Hall–Kier alpha value is -2.23. The number of nitrogens with zero attached hydrogens (tertiary/aromatic N) is 2. The molecule has 1 aromatic heterocycles. The van der Waals surface area contributed by atoms with Crippen LogP contribution in [0.3, 0.4) is 0 Å². The molecule has 0 atom stereocenters.